The van der Waals surface area contributed by atoms with E-state index in [-0.39, 0.29) is 24.9 Å². The molecule has 7 heteroatoms. The van der Waals surface area contributed by atoms with Gasteiger partial charge in [0.2, 0.25) is 5.91 Å². The summed E-state index contributed by atoms with van der Waals surface area (Å²) in [7, 11) is 1.60. The van der Waals surface area contributed by atoms with Crippen molar-refractivity contribution in [3.63, 3.8) is 0 Å². The lowest BCUT2D eigenvalue weighted by Gasteiger charge is -2.21. The molecule has 20 heavy (non-hydrogen) atoms. The van der Waals surface area contributed by atoms with Crippen LogP contribution in [0.3, 0.4) is 0 Å². The second-order valence-corrected chi connectivity index (χ2v) is 5.32. The predicted octanol–water partition coefficient (Wildman–Crippen LogP) is 2.43. The first-order valence-corrected chi connectivity index (χ1v) is 7.28. The number of likely N-dealkylation sites (N-methyl/N-ethyl adjacent to an activating group) is 1. The molecule has 1 amide bonds. The topological polar surface area (TPSA) is 46.3 Å². The molecule has 0 aliphatic carbocycles. The van der Waals surface area contributed by atoms with Crippen LogP contribution in [0.1, 0.15) is 12.0 Å². The summed E-state index contributed by atoms with van der Waals surface area (Å²) in [4.78, 5) is 13.4. The Balaban J connectivity index is 0.00000361. The summed E-state index contributed by atoms with van der Waals surface area (Å²) >= 11 is 1.62. The summed E-state index contributed by atoms with van der Waals surface area (Å²) in [6.07, 6.45) is 2.55. The maximum Gasteiger partial charge on any atom is 0.239 e. The number of carbonyl (C=O) groups is 1. The fourth-order valence-corrected chi connectivity index (χ4v) is 2.13. The number of hydrogen-bond acceptors (Lipinski definition) is 3. The van der Waals surface area contributed by atoms with E-state index in [1.807, 2.05) is 6.26 Å². The molecule has 1 aromatic carbocycles. The van der Waals surface area contributed by atoms with Gasteiger partial charge < -0.3 is 10.6 Å². The SMILES string of the molecule is CSCC[C@H](N)C(=O)N(C)Cc1ccc(F)c(F)c1.Cl. The van der Waals surface area contributed by atoms with E-state index < -0.39 is 17.7 Å². The van der Waals surface area contributed by atoms with Gasteiger partial charge in [-0.15, -0.1) is 12.4 Å². The van der Waals surface area contributed by atoms with Crippen LogP contribution >= 0.6 is 24.2 Å². The zero-order chi connectivity index (χ0) is 14.4. The molecule has 0 spiro atoms. The molecule has 0 heterocycles. The van der Waals surface area contributed by atoms with Gasteiger partial charge in [-0.1, -0.05) is 6.07 Å². The van der Waals surface area contributed by atoms with E-state index in [1.165, 1.54) is 11.0 Å². The van der Waals surface area contributed by atoms with Crippen molar-refractivity contribution in [2.24, 2.45) is 5.73 Å². The molecule has 114 valence electrons. The van der Waals surface area contributed by atoms with Crippen LogP contribution < -0.4 is 5.73 Å². The highest BCUT2D eigenvalue weighted by Gasteiger charge is 2.18. The summed E-state index contributed by atoms with van der Waals surface area (Å²) in [6.45, 7) is 0.211. The van der Waals surface area contributed by atoms with Crippen molar-refractivity contribution in [2.45, 2.75) is 19.0 Å². The third-order valence-electron chi connectivity index (χ3n) is 2.73. The minimum Gasteiger partial charge on any atom is -0.340 e. The molecule has 0 aliphatic heterocycles. The van der Waals surface area contributed by atoms with E-state index in [0.717, 1.165) is 17.9 Å². The van der Waals surface area contributed by atoms with E-state index in [9.17, 15) is 13.6 Å². The van der Waals surface area contributed by atoms with Gasteiger partial charge >= 0.3 is 0 Å². The number of carbonyl (C=O) groups excluding carboxylic acids is 1. The molecule has 0 saturated heterocycles. The quantitative estimate of drug-likeness (QED) is 0.874. The first-order valence-electron chi connectivity index (χ1n) is 5.89. The fraction of sp³-hybridized carbons (Fsp3) is 0.462. The summed E-state index contributed by atoms with van der Waals surface area (Å²) in [5.74, 6) is -1.19. The van der Waals surface area contributed by atoms with Crippen LogP contribution in [0.5, 0.6) is 0 Å². The van der Waals surface area contributed by atoms with E-state index in [1.54, 1.807) is 18.8 Å². The molecule has 0 bridgehead atoms. The summed E-state index contributed by atoms with van der Waals surface area (Å²) in [6, 6.07) is 3.04. The Hall–Kier alpha value is -0.850. The molecule has 0 radical (unpaired) electrons. The molecule has 3 nitrogen and oxygen atoms in total. The number of hydrogen-bond donors (Lipinski definition) is 1. The Morgan fingerprint density at radius 3 is 2.60 bits per heavy atom. The Morgan fingerprint density at radius 1 is 1.40 bits per heavy atom. The summed E-state index contributed by atoms with van der Waals surface area (Å²) in [5, 5.41) is 0. The summed E-state index contributed by atoms with van der Waals surface area (Å²) < 4.78 is 25.8. The number of benzene rings is 1. The van der Waals surface area contributed by atoms with Crippen molar-refractivity contribution in [3.05, 3.63) is 35.4 Å². The minimum atomic E-state index is -0.912. The van der Waals surface area contributed by atoms with Crippen molar-refractivity contribution in [1.29, 1.82) is 0 Å². The van der Waals surface area contributed by atoms with Crippen LogP contribution in [0.25, 0.3) is 0 Å². The molecule has 0 fully saturated rings. The number of nitrogens with zero attached hydrogens (tertiary/aromatic N) is 1. The number of nitrogens with two attached hydrogens (primary N) is 1. The predicted molar refractivity (Wildman–Crippen MR) is 81.1 cm³/mol. The van der Waals surface area contributed by atoms with Gasteiger partial charge in [0.05, 0.1) is 6.04 Å². The molecule has 2 N–H and O–H groups in total. The van der Waals surface area contributed by atoms with Gasteiger partial charge in [-0.25, -0.2) is 8.78 Å². The lowest BCUT2D eigenvalue weighted by Crippen LogP contribution is -2.41. The average molecular weight is 325 g/mol. The Morgan fingerprint density at radius 2 is 2.05 bits per heavy atom. The number of rotatable bonds is 6. The van der Waals surface area contributed by atoms with Gasteiger partial charge in [0.1, 0.15) is 0 Å². The Labute approximate surface area is 128 Å². The van der Waals surface area contributed by atoms with Crippen molar-refractivity contribution in [2.75, 3.05) is 19.1 Å². The molecule has 0 unspecified atom stereocenters. The number of amides is 1. The maximum absolute atomic E-state index is 13.0. The highest BCUT2D eigenvalue weighted by molar-refractivity contribution is 7.98. The van der Waals surface area contributed by atoms with Gasteiger partial charge in [0, 0.05) is 13.6 Å². The van der Waals surface area contributed by atoms with Gasteiger partial charge in [-0.2, -0.15) is 11.8 Å². The van der Waals surface area contributed by atoms with Gasteiger partial charge in [0.15, 0.2) is 11.6 Å². The number of thioether (sulfide) groups is 1. The standard InChI is InChI=1S/C13H18F2N2OS.ClH/c1-17(13(18)12(16)5-6-19-2)8-9-3-4-10(14)11(15)7-9;/h3-4,7,12H,5-6,8,16H2,1-2H3;1H/t12-;/m0./s1. The van der Waals surface area contributed by atoms with Gasteiger partial charge in [0.25, 0.3) is 0 Å². The second-order valence-electron chi connectivity index (χ2n) is 4.33. The van der Waals surface area contributed by atoms with E-state index >= 15 is 0 Å². The third-order valence-corrected chi connectivity index (χ3v) is 3.37. The van der Waals surface area contributed by atoms with Crippen LogP contribution in [0.4, 0.5) is 8.78 Å². The molecule has 0 aromatic heterocycles. The van der Waals surface area contributed by atoms with Crippen LogP contribution in [0.2, 0.25) is 0 Å². The van der Waals surface area contributed by atoms with Crippen molar-refractivity contribution in [3.8, 4) is 0 Å². The van der Waals surface area contributed by atoms with Gasteiger partial charge in [-0.3, -0.25) is 4.79 Å². The Kier molecular flexibility index (Phi) is 8.76. The van der Waals surface area contributed by atoms with E-state index in [2.05, 4.69) is 0 Å². The summed E-state index contributed by atoms with van der Waals surface area (Å²) in [5.41, 5.74) is 6.31. The van der Waals surface area contributed by atoms with Crippen LogP contribution in [0, 0.1) is 11.6 Å². The molecule has 0 aliphatic rings. The molecule has 1 atom stereocenters. The molecule has 1 rings (SSSR count). The van der Waals surface area contributed by atoms with Crippen LogP contribution in [-0.2, 0) is 11.3 Å². The van der Waals surface area contributed by atoms with Crippen molar-refractivity contribution < 1.29 is 13.6 Å². The highest BCUT2D eigenvalue weighted by atomic mass is 35.5. The normalized spacial score (nSPS) is 11.7. The monoisotopic (exact) mass is 324 g/mol. The number of halogens is 3. The van der Waals surface area contributed by atoms with E-state index in [4.69, 9.17) is 5.73 Å². The zero-order valence-electron chi connectivity index (χ0n) is 11.4. The van der Waals surface area contributed by atoms with Crippen LogP contribution in [-0.4, -0.2) is 35.9 Å². The largest absolute Gasteiger partial charge is 0.340 e. The maximum atomic E-state index is 13.0. The lowest BCUT2D eigenvalue weighted by molar-refractivity contribution is -0.131. The smallest absolute Gasteiger partial charge is 0.239 e. The van der Waals surface area contributed by atoms with Crippen molar-refractivity contribution in [1.82, 2.24) is 4.90 Å². The third kappa shape index (κ3) is 5.64. The highest BCUT2D eigenvalue weighted by Crippen LogP contribution is 2.11. The lowest BCUT2D eigenvalue weighted by atomic mass is 10.1. The molecule has 0 saturated carbocycles. The fourth-order valence-electron chi connectivity index (χ4n) is 1.64. The molecular formula is C13H19ClF2N2OS. The molecular weight excluding hydrogens is 306 g/mol. The first kappa shape index (κ1) is 19.1. The zero-order valence-corrected chi connectivity index (χ0v) is 13.1. The molecule has 1 aromatic rings. The Bertz CT molecular complexity index is 448. The minimum absolute atomic E-state index is 0. The van der Waals surface area contributed by atoms with Crippen LogP contribution in [0.15, 0.2) is 18.2 Å². The van der Waals surface area contributed by atoms with Crippen molar-refractivity contribution >= 4 is 30.1 Å². The average Bonchev–Trinajstić information content (AvgIpc) is 2.39. The van der Waals surface area contributed by atoms with E-state index in [0.29, 0.717) is 12.0 Å². The second kappa shape index (κ2) is 9.15. The van der Waals surface area contributed by atoms with Gasteiger partial charge in [-0.05, 0) is 36.1 Å². The first-order chi connectivity index (χ1) is 8.95.